The average molecular weight is 255 g/mol. The van der Waals surface area contributed by atoms with Crippen LogP contribution in [0, 0.1) is 5.92 Å². The van der Waals surface area contributed by atoms with E-state index in [4.69, 9.17) is 5.73 Å². The molecule has 0 unspecified atom stereocenters. The maximum absolute atomic E-state index is 11.9. The molecule has 0 aromatic carbocycles. The number of nitrogens with two attached hydrogens (primary N) is 1. The van der Waals surface area contributed by atoms with E-state index in [1.165, 1.54) is 12.8 Å². The summed E-state index contributed by atoms with van der Waals surface area (Å²) in [6.07, 6.45) is 4.26. The molecule has 2 N–H and O–H groups in total. The van der Waals surface area contributed by atoms with Gasteiger partial charge in [0.25, 0.3) is 0 Å². The van der Waals surface area contributed by atoms with Crippen molar-refractivity contribution in [1.29, 1.82) is 0 Å². The molecule has 0 radical (unpaired) electrons. The van der Waals surface area contributed by atoms with E-state index in [9.17, 15) is 4.79 Å². The van der Waals surface area contributed by atoms with Gasteiger partial charge in [-0.3, -0.25) is 4.79 Å². The van der Waals surface area contributed by atoms with Gasteiger partial charge in [-0.05, 0) is 45.6 Å². The van der Waals surface area contributed by atoms with Gasteiger partial charge in [0, 0.05) is 39.1 Å². The molecule has 1 fully saturated rings. The van der Waals surface area contributed by atoms with Crippen LogP contribution in [0.4, 0.5) is 0 Å². The van der Waals surface area contributed by atoms with E-state index in [-0.39, 0.29) is 5.91 Å². The van der Waals surface area contributed by atoms with E-state index in [0.29, 0.717) is 19.0 Å². The summed E-state index contributed by atoms with van der Waals surface area (Å²) >= 11 is 0. The summed E-state index contributed by atoms with van der Waals surface area (Å²) in [4.78, 5) is 16.2. The van der Waals surface area contributed by atoms with E-state index in [0.717, 1.165) is 32.0 Å². The van der Waals surface area contributed by atoms with Gasteiger partial charge in [-0.15, -0.1) is 0 Å². The van der Waals surface area contributed by atoms with Crippen molar-refractivity contribution in [2.24, 2.45) is 11.7 Å². The number of nitrogens with zero attached hydrogens (tertiary/aromatic N) is 2. The topological polar surface area (TPSA) is 49.6 Å². The molecule has 1 aliphatic carbocycles. The lowest BCUT2D eigenvalue weighted by atomic mass is 10.2. The van der Waals surface area contributed by atoms with Crippen molar-refractivity contribution >= 4 is 5.91 Å². The second kappa shape index (κ2) is 7.74. The lowest BCUT2D eigenvalue weighted by Gasteiger charge is -2.27. The Balaban J connectivity index is 2.24. The summed E-state index contributed by atoms with van der Waals surface area (Å²) in [5, 5.41) is 0. The fourth-order valence-electron chi connectivity index (χ4n) is 2.08. The first kappa shape index (κ1) is 15.4. The molecule has 0 aromatic rings. The van der Waals surface area contributed by atoms with Gasteiger partial charge in [-0.1, -0.05) is 0 Å². The highest BCUT2D eigenvalue weighted by Crippen LogP contribution is 2.30. The van der Waals surface area contributed by atoms with Gasteiger partial charge in [0.05, 0.1) is 0 Å². The highest BCUT2D eigenvalue weighted by Gasteiger charge is 2.25. The molecule has 0 spiro atoms. The second-order valence-corrected chi connectivity index (χ2v) is 5.74. The first-order chi connectivity index (χ1) is 8.54. The Hall–Kier alpha value is -0.610. The smallest absolute Gasteiger partial charge is 0.223 e. The molecule has 1 amide bonds. The van der Waals surface area contributed by atoms with Crippen molar-refractivity contribution in [2.75, 3.05) is 33.2 Å². The first-order valence-corrected chi connectivity index (χ1v) is 7.22. The molecule has 0 aromatic heterocycles. The van der Waals surface area contributed by atoms with Crippen LogP contribution in [-0.2, 0) is 4.79 Å². The number of amides is 1. The summed E-state index contributed by atoms with van der Waals surface area (Å²) in [7, 11) is 1.87. The molecule has 1 saturated carbocycles. The Kier molecular flexibility index (Phi) is 6.65. The zero-order valence-corrected chi connectivity index (χ0v) is 12.2. The maximum atomic E-state index is 11.9. The third-order valence-corrected chi connectivity index (χ3v) is 3.66. The quantitative estimate of drug-likeness (QED) is 0.676. The zero-order valence-electron chi connectivity index (χ0n) is 12.2. The van der Waals surface area contributed by atoms with Crippen LogP contribution in [0.1, 0.15) is 39.5 Å². The van der Waals surface area contributed by atoms with E-state index in [2.05, 4.69) is 18.7 Å². The van der Waals surface area contributed by atoms with Crippen LogP contribution in [-0.4, -0.2) is 55.0 Å². The fourth-order valence-corrected chi connectivity index (χ4v) is 2.08. The lowest BCUT2D eigenvalue weighted by molar-refractivity contribution is -0.130. The van der Waals surface area contributed by atoms with Gasteiger partial charge in [0.15, 0.2) is 0 Å². The minimum atomic E-state index is 0.241. The van der Waals surface area contributed by atoms with E-state index in [1.807, 2.05) is 11.9 Å². The summed E-state index contributed by atoms with van der Waals surface area (Å²) < 4.78 is 0. The number of carbonyl (C=O) groups excluding carboxylic acids is 1. The summed E-state index contributed by atoms with van der Waals surface area (Å²) in [6.45, 7) is 7.91. The SMILES string of the molecule is CC(C)N(CCC(=O)N(C)CCCN)CC1CC1. The zero-order chi connectivity index (χ0) is 13.5. The van der Waals surface area contributed by atoms with E-state index >= 15 is 0 Å². The third-order valence-electron chi connectivity index (χ3n) is 3.66. The molecular formula is C14H29N3O. The molecule has 0 aliphatic heterocycles. The number of carbonyl (C=O) groups is 1. The molecule has 0 bridgehead atoms. The third kappa shape index (κ3) is 5.83. The van der Waals surface area contributed by atoms with Crippen molar-refractivity contribution in [2.45, 2.75) is 45.6 Å². The van der Waals surface area contributed by atoms with Gasteiger partial charge in [-0.25, -0.2) is 0 Å². The normalized spacial score (nSPS) is 15.4. The predicted molar refractivity (Wildman–Crippen MR) is 75.4 cm³/mol. The van der Waals surface area contributed by atoms with Gasteiger partial charge in [0.2, 0.25) is 5.91 Å². The minimum absolute atomic E-state index is 0.241. The molecule has 1 rings (SSSR count). The molecule has 106 valence electrons. The Labute approximate surface area is 111 Å². The van der Waals surface area contributed by atoms with Gasteiger partial charge < -0.3 is 15.5 Å². The summed E-state index contributed by atoms with van der Waals surface area (Å²) in [5.41, 5.74) is 5.45. The van der Waals surface area contributed by atoms with Gasteiger partial charge in [0.1, 0.15) is 0 Å². The summed E-state index contributed by atoms with van der Waals surface area (Å²) in [5.74, 6) is 1.13. The molecule has 18 heavy (non-hydrogen) atoms. The Bertz CT molecular complexity index is 251. The maximum Gasteiger partial charge on any atom is 0.223 e. The molecule has 0 atom stereocenters. The van der Waals surface area contributed by atoms with Gasteiger partial charge >= 0.3 is 0 Å². The minimum Gasteiger partial charge on any atom is -0.346 e. The molecule has 4 heteroatoms. The molecule has 0 saturated heterocycles. The Morgan fingerprint density at radius 2 is 2.00 bits per heavy atom. The van der Waals surface area contributed by atoms with E-state index < -0.39 is 0 Å². The van der Waals surface area contributed by atoms with Crippen LogP contribution >= 0.6 is 0 Å². The molecular weight excluding hydrogens is 226 g/mol. The monoisotopic (exact) mass is 255 g/mol. The summed E-state index contributed by atoms with van der Waals surface area (Å²) in [6, 6.07) is 0.535. The van der Waals surface area contributed by atoms with Crippen LogP contribution in [0.3, 0.4) is 0 Å². The number of hydrogen-bond donors (Lipinski definition) is 1. The van der Waals surface area contributed by atoms with Crippen LogP contribution < -0.4 is 5.73 Å². The number of hydrogen-bond acceptors (Lipinski definition) is 3. The second-order valence-electron chi connectivity index (χ2n) is 5.74. The van der Waals surface area contributed by atoms with Crippen LogP contribution in [0.2, 0.25) is 0 Å². The van der Waals surface area contributed by atoms with Crippen molar-refractivity contribution in [1.82, 2.24) is 9.80 Å². The fraction of sp³-hybridized carbons (Fsp3) is 0.929. The molecule has 4 nitrogen and oxygen atoms in total. The lowest BCUT2D eigenvalue weighted by Crippen LogP contribution is -2.37. The van der Waals surface area contributed by atoms with Crippen molar-refractivity contribution in [3.8, 4) is 0 Å². The molecule has 1 aliphatic rings. The van der Waals surface area contributed by atoms with Crippen LogP contribution in [0.5, 0.6) is 0 Å². The average Bonchev–Trinajstić information content (AvgIpc) is 3.14. The standard InChI is InChI=1S/C14H29N3O/c1-12(2)17(11-13-5-6-13)10-7-14(18)16(3)9-4-8-15/h12-13H,4-11,15H2,1-3H3. The largest absolute Gasteiger partial charge is 0.346 e. The highest BCUT2D eigenvalue weighted by molar-refractivity contribution is 5.76. The first-order valence-electron chi connectivity index (χ1n) is 7.22. The van der Waals surface area contributed by atoms with Crippen molar-refractivity contribution in [3.05, 3.63) is 0 Å². The number of rotatable bonds is 9. The Morgan fingerprint density at radius 1 is 1.33 bits per heavy atom. The van der Waals surface area contributed by atoms with Crippen LogP contribution in [0.15, 0.2) is 0 Å². The van der Waals surface area contributed by atoms with E-state index in [1.54, 1.807) is 0 Å². The Morgan fingerprint density at radius 3 is 2.50 bits per heavy atom. The van der Waals surface area contributed by atoms with Gasteiger partial charge in [-0.2, -0.15) is 0 Å². The van der Waals surface area contributed by atoms with Crippen LogP contribution in [0.25, 0.3) is 0 Å². The molecule has 0 heterocycles. The van der Waals surface area contributed by atoms with Crippen molar-refractivity contribution in [3.63, 3.8) is 0 Å². The predicted octanol–water partition coefficient (Wildman–Crippen LogP) is 1.30. The van der Waals surface area contributed by atoms with Crippen molar-refractivity contribution < 1.29 is 4.79 Å². The highest BCUT2D eigenvalue weighted by atomic mass is 16.2.